The van der Waals surface area contributed by atoms with Crippen LogP contribution in [-0.2, 0) is 22.3 Å². The van der Waals surface area contributed by atoms with Gasteiger partial charge in [0.15, 0.2) is 0 Å². The van der Waals surface area contributed by atoms with E-state index < -0.39 is 0 Å². The van der Waals surface area contributed by atoms with Gasteiger partial charge in [-0.05, 0) is 68.2 Å². The minimum Gasteiger partial charge on any atom is -0.477 e. The van der Waals surface area contributed by atoms with Gasteiger partial charge in [-0.25, -0.2) is 9.97 Å². The van der Waals surface area contributed by atoms with Crippen LogP contribution in [0.1, 0.15) is 67.0 Å². The SMILES string of the molecule is CCOc1nc(CC)c(-c2nc3c(cc2C)CC([C@H](CC)COC)C=C3C)cc1C(=O)NCCOC. The topological polar surface area (TPSA) is 82.6 Å². The number of rotatable bonds is 12. The minimum atomic E-state index is -0.231. The molecule has 1 unspecified atom stereocenters. The van der Waals surface area contributed by atoms with Crippen LogP contribution < -0.4 is 10.1 Å². The van der Waals surface area contributed by atoms with E-state index in [0.29, 0.717) is 49.5 Å². The number of nitrogens with one attached hydrogen (secondary N) is 1. The van der Waals surface area contributed by atoms with Gasteiger partial charge >= 0.3 is 0 Å². The number of methoxy groups -OCH3 is 2. The van der Waals surface area contributed by atoms with Gasteiger partial charge in [0, 0.05) is 32.9 Å². The van der Waals surface area contributed by atoms with Crippen molar-refractivity contribution in [2.75, 3.05) is 40.6 Å². The average molecular weight is 496 g/mol. The Kier molecular flexibility index (Phi) is 10.0. The smallest absolute Gasteiger partial charge is 0.256 e. The number of aryl methyl sites for hydroxylation is 2. The molecule has 0 saturated carbocycles. The lowest BCUT2D eigenvalue weighted by molar-refractivity contribution is 0.0932. The fourth-order valence-corrected chi connectivity index (χ4v) is 4.99. The Balaban J connectivity index is 2.07. The summed E-state index contributed by atoms with van der Waals surface area (Å²) < 4.78 is 16.3. The standard InChI is InChI=1S/C29H41N3O4/c1-8-20(17-35-7)21-13-18(4)26-22(15-21)14-19(5)27(32-26)23-16-24(28(33)30-11-12-34-6)29(36-10-3)31-25(23)9-2/h13-14,16,20-21H,8-12,15,17H2,1-7H3,(H,30,33)/t20-,21?/m1/s1. The average Bonchev–Trinajstić information content (AvgIpc) is 2.87. The molecule has 7 heteroatoms. The zero-order chi connectivity index (χ0) is 26.2. The highest BCUT2D eigenvalue weighted by Gasteiger charge is 2.27. The summed E-state index contributed by atoms with van der Waals surface area (Å²) in [6.45, 7) is 12.4. The first-order chi connectivity index (χ1) is 17.4. The highest BCUT2D eigenvalue weighted by molar-refractivity contribution is 5.97. The van der Waals surface area contributed by atoms with E-state index in [0.717, 1.165) is 47.7 Å². The van der Waals surface area contributed by atoms with Gasteiger partial charge in [-0.15, -0.1) is 0 Å². The van der Waals surface area contributed by atoms with Gasteiger partial charge in [-0.1, -0.05) is 32.4 Å². The molecule has 2 heterocycles. The van der Waals surface area contributed by atoms with E-state index in [9.17, 15) is 4.79 Å². The molecule has 7 nitrogen and oxygen atoms in total. The number of allylic oxidation sites excluding steroid dienone is 2. The maximum absolute atomic E-state index is 13.0. The number of hydrogen-bond donors (Lipinski definition) is 1. The second kappa shape index (κ2) is 13.0. The highest BCUT2D eigenvalue weighted by Crippen LogP contribution is 2.37. The van der Waals surface area contributed by atoms with Crippen molar-refractivity contribution >= 4 is 11.5 Å². The van der Waals surface area contributed by atoms with Gasteiger partial charge in [-0.2, -0.15) is 0 Å². The van der Waals surface area contributed by atoms with Crippen molar-refractivity contribution in [1.29, 1.82) is 0 Å². The van der Waals surface area contributed by atoms with E-state index in [-0.39, 0.29) is 5.91 Å². The van der Waals surface area contributed by atoms with Crippen molar-refractivity contribution in [3.63, 3.8) is 0 Å². The quantitative estimate of drug-likeness (QED) is 0.416. The maximum Gasteiger partial charge on any atom is 0.256 e. The van der Waals surface area contributed by atoms with E-state index in [1.165, 1.54) is 11.1 Å². The monoisotopic (exact) mass is 495 g/mol. The van der Waals surface area contributed by atoms with Crippen LogP contribution in [0.5, 0.6) is 5.88 Å². The summed E-state index contributed by atoms with van der Waals surface area (Å²) in [5, 5.41) is 2.89. The van der Waals surface area contributed by atoms with E-state index in [1.807, 2.05) is 13.0 Å². The molecule has 3 rings (SSSR count). The van der Waals surface area contributed by atoms with Crippen molar-refractivity contribution in [2.45, 2.75) is 53.9 Å². The molecule has 1 amide bonds. The van der Waals surface area contributed by atoms with Crippen molar-refractivity contribution < 1.29 is 19.0 Å². The number of nitrogens with zero attached hydrogens (tertiary/aromatic N) is 2. The van der Waals surface area contributed by atoms with Crippen molar-refractivity contribution in [3.8, 4) is 17.1 Å². The molecule has 2 aromatic heterocycles. The molecule has 2 atom stereocenters. The fraction of sp³-hybridized carbons (Fsp3) is 0.552. The number of ether oxygens (including phenoxy) is 3. The molecule has 0 spiro atoms. The zero-order valence-electron chi connectivity index (χ0n) is 22.9. The molecule has 196 valence electrons. The molecule has 1 N–H and O–H groups in total. The highest BCUT2D eigenvalue weighted by atomic mass is 16.5. The zero-order valence-corrected chi connectivity index (χ0v) is 22.9. The van der Waals surface area contributed by atoms with Crippen LogP contribution >= 0.6 is 0 Å². The molecule has 1 aliphatic rings. The summed E-state index contributed by atoms with van der Waals surface area (Å²) in [5.41, 5.74) is 7.58. The van der Waals surface area contributed by atoms with Gasteiger partial charge in [-0.3, -0.25) is 4.79 Å². The Morgan fingerprint density at radius 2 is 1.89 bits per heavy atom. The fourth-order valence-electron chi connectivity index (χ4n) is 4.99. The lowest BCUT2D eigenvalue weighted by Gasteiger charge is -2.29. The van der Waals surface area contributed by atoms with Crippen LogP contribution in [0.2, 0.25) is 0 Å². The number of carbonyl (C=O) groups is 1. The van der Waals surface area contributed by atoms with Gasteiger partial charge < -0.3 is 19.5 Å². The second-order valence-electron chi connectivity index (χ2n) is 9.37. The van der Waals surface area contributed by atoms with Gasteiger partial charge in [0.25, 0.3) is 5.91 Å². The largest absolute Gasteiger partial charge is 0.477 e. The van der Waals surface area contributed by atoms with E-state index in [4.69, 9.17) is 24.2 Å². The Morgan fingerprint density at radius 1 is 1.11 bits per heavy atom. The molecule has 0 aromatic carbocycles. The minimum absolute atomic E-state index is 0.231. The summed E-state index contributed by atoms with van der Waals surface area (Å²) in [6, 6.07) is 4.14. The number of amides is 1. The van der Waals surface area contributed by atoms with E-state index >= 15 is 0 Å². The molecule has 0 saturated heterocycles. The van der Waals surface area contributed by atoms with Crippen LogP contribution in [0.3, 0.4) is 0 Å². The number of carbonyl (C=O) groups excluding carboxylic acids is 1. The first kappa shape index (κ1) is 27.8. The number of aromatic nitrogens is 2. The Labute approximate surface area is 215 Å². The molecule has 0 bridgehead atoms. The Hall–Kier alpha value is -2.77. The molecular formula is C29H41N3O4. The normalized spacial score (nSPS) is 15.8. The third kappa shape index (κ3) is 6.13. The molecule has 36 heavy (non-hydrogen) atoms. The van der Waals surface area contributed by atoms with Crippen LogP contribution in [0.4, 0.5) is 0 Å². The number of fused-ring (bicyclic) bond motifs is 1. The summed E-state index contributed by atoms with van der Waals surface area (Å²) in [6.07, 6.45) is 5.09. The van der Waals surface area contributed by atoms with Crippen LogP contribution in [-0.4, -0.2) is 56.5 Å². The van der Waals surface area contributed by atoms with Gasteiger partial charge in [0.2, 0.25) is 5.88 Å². The van der Waals surface area contributed by atoms with Gasteiger partial charge in [0.1, 0.15) is 5.56 Å². The predicted molar refractivity (Wildman–Crippen MR) is 143 cm³/mol. The third-order valence-corrected chi connectivity index (χ3v) is 6.87. The molecular weight excluding hydrogens is 454 g/mol. The molecule has 0 aliphatic heterocycles. The number of pyridine rings is 2. The summed E-state index contributed by atoms with van der Waals surface area (Å²) in [7, 11) is 3.38. The van der Waals surface area contributed by atoms with Crippen molar-refractivity contribution in [2.24, 2.45) is 11.8 Å². The second-order valence-corrected chi connectivity index (χ2v) is 9.37. The number of hydrogen-bond acceptors (Lipinski definition) is 6. The lowest BCUT2D eigenvalue weighted by atomic mass is 9.79. The summed E-state index contributed by atoms with van der Waals surface area (Å²) in [5.74, 6) is 1.05. The van der Waals surface area contributed by atoms with Crippen LogP contribution in [0, 0.1) is 18.8 Å². The first-order valence-electron chi connectivity index (χ1n) is 13.0. The third-order valence-electron chi connectivity index (χ3n) is 6.87. The van der Waals surface area contributed by atoms with Gasteiger partial charge in [0.05, 0.1) is 30.3 Å². The predicted octanol–water partition coefficient (Wildman–Crippen LogP) is 5.04. The van der Waals surface area contributed by atoms with E-state index in [1.54, 1.807) is 14.2 Å². The summed E-state index contributed by atoms with van der Waals surface area (Å²) >= 11 is 0. The van der Waals surface area contributed by atoms with Crippen molar-refractivity contribution in [1.82, 2.24) is 15.3 Å². The first-order valence-corrected chi connectivity index (χ1v) is 13.0. The Bertz CT molecular complexity index is 1100. The van der Waals surface area contributed by atoms with Crippen molar-refractivity contribution in [3.05, 3.63) is 46.3 Å². The molecule has 2 aromatic rings. The van der Waals surface area contributed by atoms with Crippen LogP contribution in [0.15, 0.2) is 18.2 Å². The Morgan fingerprint density at radius 3 is 2.53 bits per heavy atom. The molecule has 0 fully saturated rings. The molecule has 0 radical (unpaired) electrons. The lowest BCUT2D eigenvalue weighted by Crippen LogP contribution is -2.28. The maximum atomic E-state index is 13.0. The summed E-state index contributed by atoms with van der Waals surface area (Å²) in [4.78, 5) is 22.9. The molecule has 1 aliphatic carbocycles. The van der Waals surface area contributed by atoms with Crippen LogP contribution in [0.25, 0.3) is 16.8 Å². The van der Waals surface area contributed by atoms with E-state index in [2.05, 4.69) is 45.2 Å².